The molecule has 3 atom stereocenters. The van der Waals surface area contributed by atoms with Crippen LogP contribution in [0.2, 0.25) is 0 Å². The highest BCUT2D eigenvalue weighted by Gasteiger charge is 2.30. The molecule has 1 fully saturated rings. The van der Waals surface area contributed by atoms with Gasteiger partial charge in [0.05, 0.1) is 6.04 Å². The number of amides is 1. The van der Waals surface area contributed by atoms with Crippen LogP contribution in [-0.2, 0) is 15.6 Å². The maximum absolute atomic E-state index is 11.7. The molecule has 4 nitrogen and oxygen atoms in total. The van der Waals surface area contributed by atoms with Gasteiger partial charge in [-0.15, -0.1) is 0 Å². The van der Waals surface area contributed by atoms with E-state index in [1.54, 1.807) is 0 Å². The van der Waals surface area contributed by atoms with E-state index < -0.39 is 16.8 Å². The van der Waals surface area contributed by atoms with Crippen molar-refractivity contribution in [3.8, 4) is 0 Å². The maximum Gasteiger partial charge on any atom is 0.237 e. The molecule has 88 valence electrons. The highest BCUT2D eigenvalue weighted by molar-refractivity contribution is 7.85. The van der Waals surface area contributed by atoms with Gasteiger partial charge in [-0.2, -0.15) is 0 Å². The molecule has 1 saturated heterocycles. The van der Waals surface area contributed by atoms with Gasteiger partial charge in [-0.3, -0.25) is 9.00 Å². The molecule has 0 spiro atoms. The highest BCUT2D eigenvalue weighted by Crippen LogP contribution is 2.18. The molecular weight excluding hydrogens is 212 g/mol. The van der Waals surface area contributed by atoms with E-state index in [2.05, 4.69) is 5.32 Å². The number of hydrogen-bond donors (Lipinski definition) is 2. The molecule has 0 radical (unpaired) electrons. The van der Waals surface area contributed by atoms with Crippen molar-refractivity contribution in [3.63, 3.8) is 0 Å². The van der Waals surface area contributed by atoms with Gasteiger partial charge in [0.15, 0.2) is 0 Å². The minimum atomic E-state index is -0.759. The molecule has 3 N–H and O–H groups in total. The van der Waals surface area contributed by atoms with Crippen LogP contribution in [0.25, 0.3) is 0 Å². The molecule has 0 aromatic carbocycles. The largest absolute Gasteiger partial charge is 0.351 e. The van der Waals surface area contributed by atoms with Gasteiger partial charge >= 0.3 is 0 Å². The minimum Gasteiger partial charge on any atom is -0.351 e. The van der Waals surface area contributed by atoms with Crippen molar-refractivity contribution in [2.45, 2.75) is 39.3 Å². The molecule has 15 heavy (non-hydrogen) atoms. The Hall–Kier alpha value is -0.420. The first-order chi connectivity index (χ1) is 6.80. The molecule has 0 aliphatic carbocycles. The van der Waals surface area contributed by atoms with E-state index in [0.29, 0.717) is 11.5 Å². The fraction of sp³-hybridized carbons (Fsp3) is 0.900. The van der Waals surface area contributed by atoms with E-state index in [0.717, 1.165) is 6.42 Å². The number of nitrogens with one attached hydrogen (secondary N) is 1. The molecule has 1 aliphatic rings. The van der Waals surface area contributed by atoms with Crippen LogP contribution in [-0.4, -0.2) is 33.7 Å². The Morgan fingerprint density at radius 1 is 1.53 bits per heavy atom. The third-order valence-electron chi connectivity index (χ3n) is 2.64. The summed E-state index contributed by atoms with van der Waals surface area (Å²) in [6.07, 6.45) is 0.801. The van der Waals surface area contributed by atoms with E-state index in [-0.39, 0.29) is 17.4 Å². The molecule has 1 aliphatic heterocycles. The van der Waals surface area contributed by atoms with Crippen molar-refractivity contribution >= 4 is 16.7 Å². The zero-order valence-corrected chi connectivity index (χ0v) is 10.4. The summed E-state index contributed by atoms with van der Waals surface area (Å²) in [5.74, 6) is 1.13. The number of nitrogens with two attached hydrogens (primary N) is 1. The predicted molar refractivity (Wildman–Crippen MR) is 61.9 cm³/mol. The fourth-order valence-electron chi connectivity index (χ4n) is 1.46. The third kappa shape index (κ3) is 3.57. The fourth-order valence-corrected chi connectivity index (χ4v) is 2.88. The Morgan fingerprint density at radius 2 is 2.13 bits per heavy atom. The maximum atomic E-state index is 11.7. The Balaban J connectivity index is 2.45. The lowest BCUT2D eigenvalue weighted by molar-refractivity contribution is -0.125. The molecule has 1 heterocycles. The van der Waals surface area contributed by atoms with Crippen molar-refractivity contribution < 1.29 is 9.00 Å². The minimum absolute atomic E-state index is 0.0479. The van der Waals surface area contributed by atoms with Gasteiger partial charge in [0.1, 0.15) is 0 Å². The molecular formula is C10H20N2O2S. The lowest BCUT2D eigenvalue weighted by Crippen LogP contribution is -2.51. The normalized spacial score (nSPS) is 28.8. The van der Waals surface area contributed by atoms with Crippen molar-refractivity contribution in [1.82, 2.24) is 5.32 Å². The van der Waals surface area contributed by atoms with Crippen molar-refractivity contribution in [1.29, 1.82) is 0 Å². The van der Waals surface area contributed by atoms with E-state index in [4.69, 9.17) is 5.73 Å². The van der Waals surface area contributed by atoms with E-state index in [1.165, 1.54) is 0 Å². The average Bonchev–Trinajstić information content (AvgIpc) is 2.48. The molecule has 0 aromatic heterocycles. The molecule has 1 rings (SSSR count). The van der Waals surface area contributed by atoms with Crippen LogP contribution in [0.15, 0.2) is 0 Å². The van der Waals surface area contributed by atoms with Gasteiger partial charge in [-0.1, -0.05) is 20.8 Å². The first kappa shape index (κ1) is 12.6. The molecule has 0 aromatic rings. The second-order valence-corrected chi connectivity index (χ2v) is 6.77. The Morgan fingerprint density at radius 3 is 2.53 bits per heavy atom. The van der Waals surface area contributed by atoms with Crippen LogP contribution in [0.3, 0.4) is 0 Å². The van der Waals surface area contributed by atoms with E-state index in [1.807, 2.05) is 20.8 Å². The Labute approximate surface area is 93.4 Å². The van der Waals surface area contributed by atoms with Gasteiger partial charge in [-0.25, -0.2) is 0 Å². The second-order valence-electron chi connectivity index (χ2n) is 5.15. The van der Waals surface area contributed by atoms with Gasteiger partial charge in [0, 0.05) is 28.3 Å². The standard InChI is InChI=1S/C10H20N2O2S/c1-10(2,3)8(11)9(13)12-7-4-5-15(14)6-7/h7-8H,4-6,11H2,1-3H3,(H,12,13). The van der Waals surface area contributed by atoms with Crippen molar-refractivity contribution in [3.05, 3.63) is 0 Å². The zero-order chi connectivity index (χ0) is 11.6. The number of rotatable bonds is 2. The Kier molecular flexibility index (Phi) is 3.89. The van der Waals surface area contributed by atoms with Crippen LogP contribution in [0.1, 0.15) is 27.2 Å². The molecule has 5 heteroatoms. The van der Waals surface area contributed by atoms with Gasteiger partial charge in [0.25, 0.3) is 0 Å². The van der Waals surface area contributed by atoms with Crippen LogP contribution in [0.5, 0.6) is 0 Å². The second kappa shape index (κ2) is 4.61. The van der Waals surface area contributed by atoms with Crippen LogP contribution in [0.4, 0.5) is 0 Å². The summed E-state index contributed by atoms with van der Waals surface area (Å²) in [6, 6.07) is -0.460. The topological polar surface area (TPSA) is 72.2 Å². The summed E-state index contributed by atoms with van der Waals surface area (Å²) in [5, 5.41) is 2.86. The summed E-state index contributed by atoms with van der Waals surface area (Å²) in [5.41, 5.74) is 5.58. The smallest absolute Gasteiger partial charge is 0.237 e. The van der Waals surface area contributed by atoms with Gasteiger partial charge < -0.3 is 11.1 Å². The summed E-state index contributed by atoms with van der Waals surface area (Å²) >= 11 is 0. The lowest BCUT2D eigenvalue weighted by atomic mass is 9.87. The monoisotopic (exact) mass is 232 g/mol. The van der Waals surface area contributed by atoms with Gasteiger partial charge in [0.2, 0.25) is 5.91 Å². The van der Waals surface area contributed by atoms with E-state index in [9.17, 15) is 9.00 Å². The van der Waals surface area contributed by atoms with E-state index >= 15 is 0 Å². The van der Waals surface area contributed by atoms with Crippen molar-refractivity contribution in [2.75, 3.05) is 11.5 Å². The first-order valence-corrected chi connectivity index (χ1v) is 6.70. The van der Waals surface area contributed by atoms with Gasteiger partial charge in [-0.05, 0) is 11.8 Å². The number of carbonyl (C=O) groups is 1. The molecule has 0 saturated carbocycles. The highest BCUT2D eigenvalue weighted by atomic mass is 32.2. The molecule has 3 unspecified atom stereocenters. The summed E-state index contributed by atoms with van der Waals surface area (Å²) in [7, 11) is -0.759. The molecule has 0 bridgehead atoms. The average molecular weight is 232 g/mol. The van der Waals surface area contributed by atoms with Crippen molar-refractivity contribution in [2.24, 2.45) is 11.1 Å². The quantitative estimate of drug-likeness (QED) is 0.704. The summed E-state index contributed by atoms with van der Waals surface area (Å²) in [6.45, 7) is 5.80. The Bertz CT molecular complexity index is 273. The lowest BCUT2D eigenvalue weighted by Gasteiger charge is -2.27. The predicted octanol–water partition coefficient (Wildman–Crippen LogP) is -0.00300. The number of carbonyl (C=O) groups excluding carboxylic acids is 1. The molecule has 1 amide bonds. The number of hydrogen-bond acceptors (Lipinski definition) is 3. The van der Waals surface area contributed by atoms with Crippen LogP contribution < -0.4 is 11.1 Å². The van der Waals surface area contributed by atoms with Crippen LogP contribution >= 0.6 is 0 Å². The SMILES string of the molecule is CC(C)(C)C(N)C(=O)NC1CCS(=O)C1. The summed E-state index contributed by atoms with van der Waals surface area (Å²) < 4.78 is 11.1. The zero-order valence-electron chi connectivity index (χ0n) is 9.58. The first-order valence-electron chi connectivity index (χ1n) is 5.21. The third-order valence-corrected chi connectivity index (χ3v) is 4.11. The van der Waals surface area contributed by atoms with Crippen LogP contribution in [0, 0.1) is 5.41 Å². The summed E-state index contributed by atoms with van der Waals surface area (Å²) in [4.78, 5) is 11.7.